The van der Waals surface area contributed by atoms with Crippen molar-refractivity contribution in [1.29, 1.82) is 0 Å². The summed E-state index contributed by atoms with van der Waals surface area (Å²) in [5.74, 6) is 1.00. The van der Waals surface area contributed by atoms with E-state index >= 15 is 0 Å². The lowest BCUT2D eigenvalue weighted by molar-refractivity contribution is 0.557. The van der Waals surface area contributed by atoms with E-state index in [9.17, 15) is 0 Å². The SMILES string of the molecule is C[Si](C)(S)Cc1ccc(O[Si](C)(C)C)cc1. The number of hydrogen-bond acceptors (Lipinski definition) is 2. The normalized spacial score (nSPS) is 12.6. The van der Waals surface area contributed by atoms with Crippen molar-refractivity contribution in [2.24, 2.45) is 0 Å². The van der Waals surface area contributed by atoms with Crippen molar-refractivity contribution in [1.82, 2.24) is 0 Å². The molecular weight excluding hydrogens is 248 g/mol. The summed E-state index contributed by atoms with van der Waals surface area (Å²) < 4.78 is 5.92. The van der Waals surface area contributed by atoms with Crippen molar-refractivity contribution >= 4 is 27.6 Å². The lowest BCUT2D eigenvalue weighted by Gasteiger charge is -2.20. The maximum Gasteiger partial charge on any atom is 0.242 e. The molecule has 0 amide bonds. The predicted octanol–water partition coefficient (Wildman–Crippen LogP) is 4.12. The van der Waals surface area contributed by atoms with Crippen molar-refractivity contribution in [2.45, 2.75) is 38.8 Å². The smallest absolute Gasteiger partial charge is 0.242 e. The van der Waals surface area contributed by atoms with Gasteiger partial charge in [0.15, 0.2) is 0 Å². The maximum atomic E-state index is 5.92. The van der Waals surface area contributed by atoms with Gasteiger partial charge in [0.05, 0.1) is 0 Å². The van der Waals surface area contributed by atoms with Gasteiger partial charge in [0.2, 0.25) is 8.32 Å². The molecule has 0 atom stereocenters. The van der Waals surface area contributed by atoms with Gasteiger partial charge >= 0.3 is 0 Å². The molecule has 0 saturated carbocycles. The zero-order chi connectivity index (χ0) is 12.4. The Kier molecular flexibility index (Phi) is 4.31. The first-order valence-corrected chi connectivity index (χ1v) is 13.6. The fraction of sp³-hybridized carbons (Fsp3) is 0.500. The molecule has 0 aromatic heterocycles. The molecule has 0 heterocycles. The first kappa shape index (κ1) is 13.9. The molecule has 1 aromatic rings. The molecule has 16 heavy (non-hydrogen) atoms. The van der Waals surface area contributed by atoms with Crippen molar-refractivity contribution in [2.75, 3.05) is 0 Å². The second kappa shape index (κ2) is 4.98. The first-order valence-electron chi connectivity index (χ1n) is 5.66. The summed E-state index contributed by atoms with van der Waals surface area (Å²) in [6.45, 7) is 11.1. The van der Waals surface area contributed by atoms with Crippen LogP contribution in [0.25, 0.3) is 0 Å². The Labute approximate surface area is 106 Å². The van der Waals surface area contributed by atoms with E-state index in [4.69, 9.17) is 4.43 Å². The number of rotatable bonds is 4. The molecule has 0 aliphatic heterocycles. The topological polar surface area (TPSA) is 9.23 Å². The highest BCUT2D eigenvalue weighted by Gasteiger charge is 2.17. The molecule has 1 nitrogen and oxygen atoms in total. The molecule has 0 bridgehead atoms. The average molecular weight is 271 g/mol. The highest BCUT2D eigenvalue weighted by Crippen LogP contribution is 2.20. The second-order valence-corrected chi connectivity index (χ2v) is 17.9. The minimum atomic E-state index is -1.47. The standard InChI is InChI=1S/C12H22OSSi2/c1-15(2,3)13-12-8-6-11(7-9-12)10-16(4,5)14/h6-9,14H,10H2,1-5H3. The Hall–Kier alpha value is -0.196. The first-order chi connectivity index (χ1) is 7.16. The molecule has 0 N–H and O–H groups in total. The van der Waals surface area contributed by atoms with Gasteiger partial charge in [-0.1, -0.05) is 25.2 Å². The lowest BCUT2D eigenvalue weighted by Crippen LogP contribution is -2.29. The third kappa shape index (κ3) is 5.77. The van der Waals surface area contributed by atoms with Gasteiger partial charge in [-0.15, -0.1) is 0 Å². The van der Waals surface area contributed by atoms with Crippen LogP contribution in [0.2, 0.25) is 32.7 Å². The molecular formula is C12H22OSSi2. The van der Waals surface area contributed by atoms with Gasteiger partial charge in [-0.05, 0) is 43.4 Å². The largest absolute Gasteiger partial charge is 0.544 e. The summed E-state index contributed by atoms with van der Waals surface area (Å²) in [5.41, 5.74) is 1.37. The van der Waals surface area contributed by atoms with E-state index in [1.165, 1.54) is 5.56 Å². The number of hydrogen-bond donors (Lipinski definition) is 1. The van der Waals surface area contributed by atoms with Crippen LogP contribution in [0.15, 0.2) is 24.3 Å². The van der Waals surface area contributed by atoms with Crippen LogP contribution in [-0.2, 0) is 6.04 Å². The molecule has 1 aromatic carbocycles. The summed E-state index contributed by atoms with van der Waals surface area (Å²) in [6.07, 6.45) is 0. The summed E-state index contributed by atoms with van der Waals surface area (Å²) in [6, 6.07) is 9.62. The van der Waals surface area contributed by atoms with Gasteiger partial charge in [0, 0.05) is 0 Å². The third-order valence-corrected chi connectivity index (χ3v) is 4.58. The number of benzene rings is 1. The Morgan fingerprint density at radius 2 is 1.50 bits per heavy atom. The van der Waals surface area contributed by atoms with Crippen LogP contribution in [0, 0.1) is 0 Å². The average Bonchev–Trinajstić information content (AvgIpc) is 2.03. The summed E-state index contributed by atoms with van der Waals surface area (Å²) >= 11 is 4.68. The molecule has 4 heteroatoms. The van der Waals surface area contributed by atoms with Crippen LogP contribution in [0.1, 0.15) is 5.56 Å². The summed E-state index contributed by atoms with van der Waals surface area (Å²) in [4.78, 5) is 0. The van der Waals surface area contributed by atoms with Gasteiger partial charge in [0.1, 0.15) is 13.0 Å². The number of thiol groups is 1. The van der Waals surface area contributed by atoms with Gasteiger partial charge in [-0.25, -0.2) is 12.1 Å². The summed E-state index contributed by atoms with van der Waals surface area (Å²) in [5, 5.41) is 0. The Bertz CT molecular complexity index is 301. The quantitative estimate of drug-likeness (QED) is 0.640. The van der Waals surface area contributed by atoms with Crippen LogP contribution in [-0.4, -0.2) is 15.5 Å². The maximum absolute atomic E-state index is 5.92. The lowest BCUT2D eigenvalue weighted by atomic mass is 10.2. The predicted molar refractivity (Wildman–Crippen MR) is 80.6 cm³/mol. The minimum absolute atomic E-state index is 1.00. The van der Waals surface area contributed by atoms with Crippen molar-refractivity contribution in [3.05, 3.63) is 29.8 Å². The fourth-order valence-corrected chi connectivity index (χ4v) is 4.15. The molecule has 0 aliphatic rings. The van der Waals surface area contributed by atoms with Gasteiger partial charge in [0.25, 0.3) is 0 Å². The summed E-state index contributed by atoms with van der Waals surface area (Å²) in [7, 11) is -2.77. The highest BCUT2D eigenvalue weighted by atomic mass is 32.3. The van der Waals surface area contributed by atoms with Crippen molar-refractivity contribution < 1.29 is 4.43 Å². The van der Waals surface area contributed by atoms with Crippen molar-refractivity contribution in [3.63, 3.8) is 0 Å². The molecule has 90 valence electrons. The van der Waals surface area contributed by atoms with Crippen molar-refractivity contribution in [3.8, 4) is 5.75 Å². The van der Waals surface area contributed by atoms with E-state index in [-0.39, 0.29) is 0 Å². The van der Waals surface area contributed by atoms with Crippen LogP contribution in [0.4, 0.5) is 0 Å². The third-order valence-electron chi connectivity index (χ3n) is 1.98. The monoisotopic (exact) mass is 270 g/mol. The van der Waals surface area contributed by atoms with E-state index < -0.39 is 15.5 Å². The van der Waals surface area contributed by atoms with E-state index in [0.29, 0.717) is 0 Å². The zero-order valence-corrected chi connectivity index (χ0v) is 13.8. The molecule has 1 rings (SSSR count). The Balaban J connectivity index is 2.69. The fourth-order valence-electron chi connectivity index (χ4n) is 1.53. The second-order valence-electron chi connectivity index (χ2n) is 5.85. The minimum Gasteiger partial charge on any atom is -0.544 e. The Morgan fingerprint density at radius 1 is 1.00 bits per heavy atom. The van der Waals surface area contributed by atoms with Crippen LogP contribution < -0.4 is 4.43 Å². The molecule has 0 spiro atoms. The van der Waals surface area contributed by atoms with E-state index in [0.717, 1.165) is 11.8 Å². The van der Waals surface area contributed by atoms with E-state index in [1.807, 2.05) is 0 Å². The van der Waals surface area contributed by atoms with Crippen LogP contribution >= 0.6 is 12.1 Å². The molecule has 0 unspecified atom stereocenters. The van der Waals surface area contributed by atoms with Gasteiger partial charge in [-0.2, -0.15) is 0 Å². The zero-order valence-electron chi connectivity index (χ0n) is 10.9. The van der Waals surface area contributed by atoms with Gasteiger partial charge in [-0.3, -0.25) is 0 Å². The Morgan fingerprint density at radius 3 is 1.88 bits per heavy atom. The molecule has 0 saturated heterocycles. The van der Waals surface area contributed by atoms with Crippen LogP contribution in [0.5, 0.6) is 5.75 Å². The van der Waals surface area contributed by atoms with Crippen LogP contribution in [0.3, 0.4) is 0 Å². The van der Waals surface area contributed by atoms with E-state index in [2.05, 4.69) is 69.1 Å². The van der Waals surface area contributed by atoms with Gasteiger partial charge < -0.3 is 4.43 Å². The molecule has 0 radical (unpaired) electrons. The highest BCUT2D eigenvalue weighted by molar-refractivity contribution is 8.14. The molecule has 0 fully saturated rings. The molecule has 0 aliphatic carbocycles. The van der Waals surface area contributed by atoms with E-state index in [1.54, 1.807) is 0 Å².